The van der Waals surface area contributed by atoms with Crippen LogP contribution >= 0.6 is 11.8 Å². The lowest BCUT2D eigenvalue weighted by atomic mass is 10.1. The lowest BCUT2D eigenvalue weighted by molar-refractivity contribution is -0.116. The summed E-state index contributed by atoms with van der Waals surface area (Å²) in [6.45, 7) is 2.10. The number of hydrogen-bond acceptors (Lipinski definition) is 4. The van der Waals surface area contributed by atoms with Crippen molar-refractivity contribution in [1.82, 2.24) is 10.2 Å². The van der Waals surface area contributed by atoms with Crippen LogP contribution in [-0.2, 0) is 11.2 Å². The Kier molecular flexibility index (Phi) is 3.94. The average molecular weight is 335 g/mol. The van der Waals surface area contributed by atoms with Gasteiger partial charge < -0.3 is 4.90 Å². The summed E-state index contributed by atoms with van der Waals surface area (Å²) in [6.07, 6.45) is 2.67. The molecule has 5 heteroatoms. The van der Waals surface area contributed by atoms with E-state index >= 15 is 0 Å². The zero-order valence-corrected chi connectivity index (χ0v) is 14.2. The minimum atomic E-state index is 0.118. The molecule has 2 aromatic carbocycles. The maximum Gasteiger partial charge on any atom is 0.237 e. The van der Waals surface area contributed by atoms with Crippen LogP contribution in [0.3, 0.4) is 0 Å². The van der Waals surface area contributed by atoms with Crippen molar-refractivity contribution in [3.8, 4) is 0 Å². The van der Waals surface area contributed by atoms with Gasteiger partial charge >= 0.3 is 0 Å². The van der Waals surface area contributed by atoms with Crippen molar-refractivity contribution in [3.63, 3.8) is 0 Å². The van der Waals surface area contributed by atoms with Crippen LogP contribution < -0.4 is 4.90 Å². The Balaban J connectivity index is 1.55. The molecule has 0 N–H and O–H groups in total. The van der Waals surface area contributed by atoms with Crippen LogP contribution in [0.15, 0.2) is 59.8 Å². The number of fused-ring (bicyclic) bond motifs is 2. The third kappa shape index (κ3) is 2.65. The van der Waals surface area contributed by atoms with Crippen LogP contribution in [0.4, 0.5) is 5.69 Å². The second-order valence-corrected chi connectivity index (χ2v) is 6.94. The Morgan fingerprint density at radius 1 is 1.21 bits per heavy atom. The molecule has 24 heavy (non-hydrogen) atoms. The molecule has 0 fully saturated rings. The molecule has 0 aliphatic carbocycles. The summed E-state index contributed by atoms with van der Waals surface area (Å²) in [6, 6.07) is 16.3. The Labute approximate surface area is 144 Å². The number of hydrogen-bond donors (Lipinski definition) is 0. The molecule has 0 radical (unpaired) electrons. The number of thioether (sulfide) groups is 1. The zero-order chi connectivity index (χ0) is 16.5. The maximum absolute atomic E-state index is 12.8. The molecule has 0 unspecified atom stereocenters. The Morgan fingerprint density at radius 2 is 2.00 bits per heavy atom. The number of amides is 1. The predicted octanol–water partition coefficient (Wildman–Crippen LogP) is 3.70. The number of benzene rings is 2. The molecule has 0 saturated heterocycles. The van der Waals surface area contributed by atoms with Gasteiger partial charge in [0.05, 0.1) is 11.9 Å². The fourth-order valence-corrected chi connectivity index (χ4v) is 4.10. The van der Waals surface area contributed by atoms with Crippen LogP contribution in [-0.4, -0.2) is 27.9 Å². The third-order valence-electron chi connectivity index (χ3n) is 4.34. The Hall–Kier alpha value is -2.40. The zero-order valence-electron chi connectivity index (χ0n) is 13.3. The molecule has 1 aromatic heterocycles. The monoisotopic (exact) mass is 335 g/mol. The highest BCUT2D eigenvalue weighted by molar-refractivity contribution is 8.00. The van der Waals surface area contributed by atoms with E-state index in [1.165, 1.54) is 17.3 Å². The van der Waals surface area contributed by atoms with Crippen LogP contribution in [0.2, 0.25) is 0 Å². The molecule has 4 rings (SSSR count). The number of aromatic nitrogens is 2. The van der Waals surface area contributed by atoms with Gasteiger partial charge in [0, 0.05) is 22.5 Å². The van der Waals surface area contributed by atoms with Crippen molar-refractivity contribution in [2.45, 2.75) is 24.4 Å². The first kappa shape index (κ1) is 15.1. The first-order chi connectivity index (χ1) is 11.7. The lowest BCUT2D eigenvalue weighted by Gasteiger charge is -2.22. The second kappa shape index (κ2) is 6.24. The van der Waals surface area contributed by atoms with Gasteiger partial charge in [0.1, 0.15) is 5.03 Å². The van der Waals surface area contributed by atoms with Gasteiger partial charge in [0.15, 0.2) is 0 Å². The van der Waals surface area contributed by atoms with Crippen LogP contribution in [0.5, 0.6) is 0 Å². The summed E-state index contributed by atoms with van der Waals surface area (Å²) < 4.78 is 0. The summed E-state index contributed by atoms with van der Waals surface area (Å²) in [4.78, 5) is 14.7. The molecule has 1 aliphatic heterocycles. The minimum absolute atomic E-state index is 0.118. The van der Waals surface area contributed by atoms with Gasteiger partial charge in [0.25, 0.3) is 0 Å². The quantitative estimate of drug-likeness (QED) is 0.685. The number of nitrogens with zero attached hydrogens (tertiary/aromatic N) is 3. The summed E-state index contributed by atoms with van der Waals surface area (Å²) >= 11 is 1.46. The molecule has 1 atom stereocenters. The van der Waals surface area contributed by atoms with E-state index in [1.54, 1.807) is 6.20 Å². The van der Waals surface area contributed by atoms with Gasteiger partial charge in [-0.2, -0.15) is 5.10 Å². The maximum atomic E-state index is 12.8. The van der Waals surface area contributed by atoms with Gasteiger partial charge in [0.2, 0.25) is 5.91 Å². The Morgan fingerprint density at radius 3 is 2.92 bits per heavy atom. The van der Waals surface area contributed by atoms with E-state index in [9.17, 15) is 4.79 Å². The summed E-state index contributed by atoms with van der Waals surface area (Å²) in [7, 11) is 0. The van der Waals surface area contributed by atoms with Crippen LogP contribution in [0.1, 0.15) is 12.5 Å². The molecular weight excluding hydrogens is 318 g/mol. The molecule has 4 nitrogen and oxygen atoms in total. The van der Waals surface area contributed by atoms with Gasteiger partial charge in [-0.05, 0) is 25.0 Å². The van der Waals surface area contributed by atoms with Crippen molar-refractivity contribution in [3.05, 3.63) is 60.3 Å². The van der Waals surface area contributed by atoms with Gasteiger partial charge in [-0.1, -0.05) is 54.2 Å². The van der Waals surface area contributed by atoms with E-state index in [1.807, 2.05) is 47.4 Å². The average Bonchev–Trinajstić information content (AvgIpc) is 2.95. The number of carbonyl (C=O) groups is 1. The van der Waals surface area contributed by atoms with Crippen molar-refractivity contribution < 1.29 is 4.79 Å². The largest absolute Gasteiger partial charge is 0.308 e. The van der Waals surface area contributed by atoms with Gasteiger partial charge in [-0.15, -0.1) is 5.10 Å². The fourth-order valence-electron chi connectivity index (χ4n) is 3.25. The number of rotatable bonds is 3. The number of carbonyl (C=O) groups excluding carboxylic acids is 1. The molecule has 1 aliphatic rings. The number of para-hydroxylation sites is 1. The molecular formula is C19H17N3OS. The first-order valence-corrected chi connectivity index (χ1v) is 8.96. The van der Waals surface area contributed by atoms with Crippen LogP contribution in [0, 0.1) is 0 Å². The fraction of sp³-hybridized carbons (Fsp3) is 0.211. The van der Waals surface area contributed by atoms with E-state index in [4.69, 9.17) is 0 Å². The molecule has 3 aromatic rings. The van der Waals surface area contributed by atoms with Crippen molar-refractivity contribution >= 4 is 34.1 Å². The molecule has 0 spiro atoms. The van der Waals surface area contributed by atoms with Crippen LogP contribution in [0.25, 0.3) is 10.8 Å². The molecule has 1 amide bonds. The van der Waals surface area contributed by atoms with Crippen molar-refractivity contribution in [1.29, 1.82) is 0 Å². The Bertz CT molecular complexity index is 907. The molecule has 120 valence electrons. The third-order valence-corrected chi connectivity index (χ3v) is 5.31. The summed E-state index contributed by atoms with van der Waals surface area (Å²) in [5.41, 5.74) is 2.29. The highest BCUT2D eigenvalue weighted by atomic mass is 32.2. The molecule has 0 saturated carbocycles. The minimum Gasteiger partial charge on any atom is -0.308 e. The molecule has 0 bridgehead atoms. The molecule has 2 heterocycles. The second-order valence-electron chi connectivity index (χ2n) is 5.97. The van der Waals surface area contributed by atoms with E-state index in [0.717, 1.165) is 27.9 Å². The first-order valence-electron chi connectivity index (χ1n) is 7.97. The van der Waals surface area contributed by atoms with Crippen molar-refractivity contribution in [2.75, 3.05) is 10.7 Å². The number of anilines is 1. The van der Waals surface area contributed by atoms with Gasteiger partial charge in [-0.25, -0.2) is 0 Å². The summed E-state index contributed by atoms with van der Waals surface area (Å²) in [5.74, 6) is 0.480. The van der Waals surface area contributed by atoms with E-state index < -0.39 is 0 Å². The highest BCUT2D eigenvalue weighted by Crippen LogP contribution is 2.33. The smallest absolute Gasteiger partial charge is 0.237 e. The van der Waals surface area contributed by atoms with E-state index in [2.05, 4.69) is 23.2 Å². The topological polar surface area (TPSA) is 46.1 Å². The van der Waals surface area contributed by atoms with Gasteiger partial charge in [-0.3, -0.25) is 4.79 Å². The lowest BCUT2D eigenvalue weighted by Crippen LogP contribution is -2.37. The van der Waals surface area contributed by atoms with Crippen molar-refractivity contribution in [2.24, 2.45) is 0 Å². The summed E-state index contributed by atoms with van der Waals surface area (Å²) in [5, 5.41) is 11.1. The predicted molar refractivity (Wildman–Crippen MR) is 97.4 cm³/mol. The normalized spacial score (nSPS) is 16.4. The standard InChI is InChI=1S/C19H17N3OS/c1-13-10-14-6-3-5-9-17(14)22(13)18(23)12-24-19-16-8-4-2-7-15(16)11-20-21-19/h2-9,11,13H,10,12H2,1H3/t13-/m1/s1. The SMILES string of the molecule is C[C@@H]1Cc2ccccc2N1C(=O)CSc1nncc2ccccc12. The van der Waals surface area contributed by atoms with E-state index in [0.29, 0.717) is 5.75 Å². The highest BCUT2D eigenvalue weighted by Gasteiger charge is 2.30. The van der Waals surface area contributed by atoms with E-state index in [-0.39, 0.29) is 11.9 Å².